The molecule has 6 unspecified atom stereocenters. The fraction of sp³-hybridized carbons (Fsp3) is 0.326. The van der Waals surface area contributed by atoms with Crippen LogP contribution in [-0.2, 0) is 28.8 Å². The average Bonchev–Trinajstić information content (AvgIpc) is 1.63. The average molecular weight is 1740 g/mol. The number of hydrogen-bond donors (Lipinski definition) is 8. The normalized spacial score (nSPS) is 26.2. The summed E-state index contributed by atoms with van der Waals surface area (Å²) in [5, 5.41) is 23.2. The molecular formula is C89H92N20O6S6. The molecule has 0 saturated carbocycles. The third kappa shape index (κ3) is 15.4. The molecule has 6 spiro atoms. The van der Waals surface area contributed by atoms with Gasteiger partial charge in [0.05, 0.1) is 149 Å². The van der Waals surface area contributed by atoms with Crippen LogP contribution in [0.15, 0.2) is 216 Å². The van der Waals surface area contributed by atoms with Gasteiger partial charge in [-0.1, -0.05) is 46.9 Å². The first-order valence-corrected chi connectivity index (χ1v) is 44.7. The molecule has 8 N–H and O–H groups in total. The van der Waals surface area contributed by atoms with Crippen LogP contribution in [0.4, 0.5) is 34.1 Å². The molecule has 32 heteroatoms. The number of amides is 6. The molecule has 24 rings (SSSR count). The standard InChI is InChI=1S/4C15H15N3OS.2C14H14N4OS.CH4/c4*1-10-7-15(14(19)17-10)4-5-18(8-15)11-2-3-13-12(6-11)16-9-20-13;2*1-9-16-13(19)14(17-9)4-5-18(7-14)10-2-3-12-11(6-10)15-8-20-12;/h4*2-3,6,9H,1,4-5,7-8H2,(H,17,19);2*2-3,6,8,17H,1,4-5,7H2,(H,16,19);1H4/i9T;6T;3T;2T;8T;6T;. The van der Waals surface area contributed by atoms with E-state index < -0.39 is 11.1 Å². The van der Waals surface area contributed by atoms with Crippen LogP contribution < -0.4 is 71.9 Å². The Kier molecular flexibility index (Phi) is 19.2. The highest BCUT2D eigenvalue weighted by Crippen LogP contribution is 2.48. The summed E-state index contributed by atoms with van der Waals surface area (Å²) in [5.41, 5.74) is 19.1. The predicted molar refractivity (Wildman–Crippen MR) is 489 cm³/mol. The number of benzene rings is 6. The van der Waals surface area contributed by atoms with E-state index in [1.54, 1.807) is 44.7 Å². The van der Waals surface area contributed by atoms with Crippen molar-refractivity contribution in [1.82, 2.24) is 72.4 Å². The highest BCUT2D eigenvalue weighted by atomic mass is 32.1. The summed E-state index contributed by atoms with van der Waals surface area (Å²) in [6.45, 7) is 31.7. The first-order valence-electron chi connectivity index (χ1n) is 42.6. The minimum absolute atomic E-state index is 0. The van der Waals surface area contributed by atoms with E-state index in [9.17, 15) is 28.8 Å². The maximum Gasteiger partial charge on any atom is 0.253 e. The topological polar surface area (TPSA) is 295 Å². The third-order valence-electron chi connectivity index (χ3n) is 25.0. The Morgan fingerprint density at radius 1 is 0.314 bits per heavy atom. The van der Waals surface area contributed by atoms with E-state index in [1.807, 2.05) is 78.9 Å². The molecule has 6 aromatic heterocycles. The van der Waals surface area contributed by atoms with Gasteiger partial charge >= 0.3 is 0 Å². The van der Waals surface area contributed by atoms with Crippen LogP contribution in [0.1, 0.15) is 79.9 Å². The molecule has 6 amide bonds. The maximum atomic E-state index is 12.2. The molecule has 121 heavy (non-hydrogen) atoms. The second kappa shape index (κ2) is 31.7. The summed E-state index contributed by atoms with van der Waals surface area (Å²) in [6.07, 6.45) is 7.62. The number of fused-ring (bicyclic) bond motifs is 6. The van der Waals surface area contributed by atoms with Crippen molar-refractivity contribution in [2.24, 2.45) is 21.7 Å². The number of carbonyl (C=O) groups excluding carboxylic acids is 6. The van der Waals surface area contributed by atoms with Crippen molar-refractivity contribution >= 4 is 199 Å². The summed E-state index contributed by atoms with van der Waals surface area (Å²) in [6, 6.07) is 29.7. The van der Waals surface area contributed by atoms with Gasteiger partial charge in [0.15, 0.2) is 0 Å². The largest absolute Gasteiger partial charge is 0.370 e. The zero-order chi connectivity index (χ0) is 87.7. The first-order chi connectivity index (χ1) is 60.4. The number of allylic oxidation sites excluding steroid dienone is 4. The Balaban J connectivity index is 0.000000103. The summed E-state index contributed by atoms with van der Waals surface area (Å²) < 4.78 is 54.3. The number of anilines is 6. The van der Waals surface area contributed by atoms with Crippen molar-refractivity contribution in [3.05, 3.63) is 216 Å². The summed E-state index contributed by atoms with van der Waals surface area (Å²) >= 11 is 8.88. The first kappa shape index (κ1) is 73.3. The Labute approximate surface area is 731 Å². The van der Waals surface area contributed by atoms with Gasteiger partial charge in [0.2, 0.25) is 23.6 Å². The van der Waals surface area contributed by atoms with Crippen LogP contribution in [-0.4, -0.2) is 155 Å². The number of nitrogens with one attached hydrogen (secondary N) is 8. The molecule has 12 aliphatic heterocycles. The van der Waals surface area contributed by atoms with Gasteiger partial charge in [-0.2, -0.15) is 0 Å². The molecule has 620 valence electrons. The number of carbonyl (C=O) groups is 6. The zero-order valence-corrected chi connectivity index (χ0v) is 70.4. The predicted octanol–water partition coefficient (Wildman–Crippen LogP) is 13.6. The van der Waals surface area contributed by atoms with E-state index in [1.165, 1.54) is 45.3 Å². The Morgan fingerprint density at radius 3 is 1.01 bits per heavy atom. The molecule has 0 aliphatic carbocycles. The van der Waals surface area contributed by atoms with Gasteiger partial charge in [0.1, 0.15) is 11.1 Å². The second-order valence-electron chi connectivity index (χ2n) is 32.9. The van der Waals surface area contributed by atoms with Crippen molar-refractivity contribution in [2.45, 2.75) is 82.7 Å². The Bertz CT molecular complexity index is 6310. The van der Waals surface area contributed by atoms with E-state index in [-0.39, 0.29) is 64.5 Å². The van der Waals surface area contributed by atoms with Crippen molar-refractivity contribution in [3.63, 3.8) is 0 Å². The SMILES string of the molecule is C.[3H]c1c(N2CCC3(C2)NC(=C)NC3=O)ccc2scnc12.[3H]c1c(N2CCC3(CC(=C)NC3=O)C2)ccc2scnc12.[3H]c1cc(N2CCC3(CC(=C)NC3=O)C2)cc2ncsc12.[3H]c1cc2scnc2cc1N1CCC2(CC(=C)NC2=O)C1.[3H]c1nc2cc(N3CCC4(C3)NC(=C)NC4=O)ccc2s1.[3H]c1nc2cc(N3CCC4(CC(=C)NC4=O)C3)ccc2s1. The number of rotatable bonds is 6. The molecule has 26 nitrogen and oxygen atoms in total. The van der Waals surface area contributed by atoms with E-state index in [4.69, 9.17) is 8.22 Å². The van der Waals surface area contributed by atoms with Crippen molar-refractivity contribution in [3.8, 4) is 0 Å². The molecule has 6 aromatic carbocycles. The van der Waals surface area contributed by atoms with Gasteiger partial charge in [-0.25, -0.2) is 29.9 Å². The minimum atomic E-state index is -0.611. The molecule has 18 heterocycles. The van der Waals surface area contributed by atoms with Gasteiger partial charge in [0.25, 0.3) is 11.8 Å². The summed E-state index contributed by atoms with van der Waals surface area (Å²) in [5.74, 6) is 1.47. The highest BCUT2D eigenvalue weighted by Gasteiger charge is 2.54. The van der Waals surface area contributed by atoms with E-state index in [2.05, 4.69) is 147 Å². The number of nitrogens with zero attached hydrogens (tertiary/aromatic N) is 12. The van der Waals surface area contributed by atoms with E-state index >= 15 is 0 Å². The van der Waals surface area contributed by atoms with Crippen LogP contribution in [0.3, 0.4) is 0 Å². The highest BCUT2D eigenvalue weighted by molar-refractivity contribution is 7.18. The molecule has 12 fully saturated rings. The van der Waals surface area contributed by atoms with Crippen LogP contribution in [0.25, 0.3) is 61.3 Å². The fourth-order valence-electron chi connectivity index (χ4n) is 18.7. The van der Waals surface area contributed by atoms with Crippen LogP contribution in [0, 0.1) is 21.7 Å². The van der Waals surface area contributed by atoms with Gasteiger partial charge in [0, 0.05) is 148 Å². The molecule has 0 bridgehead atoms. The lowest BCUT2D eigenvalue weighted by atomic mass is 9.85. The molecule has 6 atom stereocenters. The minimum Gasteiger partial charge on any atom is -0.370 e. The molecular weight excluding hydrogens is 1640 g/mol. The van der Waals surface area contributed by atoms with Crippen molar-refractivity contribution in [2.75, 3.05) is 108 Å². The summed E-state index contributed by atoms with van der Waals surface area (Å²) in [7, 11) is 0. The number of thiazole rings is 6. The zero-order valence-electron chi connectivity index (χ0n) is 71.5. The molecule has 12 aliphatic rings. The van der Waals surface area contributed by atoms with Crippen LogP contribution >= 0.6 is 68.0 Å². The summed E-state index contributed by atoms with van der Waals surface area (Å²) in [4.78, 5) is 112. The Morgan fingerprint density at radius 2 is 0.620 bits per heavy atom. The Hall–Kier alpha value is -11.7. The molecule has 12 aromatic rings. The maximum absolute atomic E-state index is 12.2. The number of aromatic nitrogens is 6. The van der Waals surface area contributed by atoms with E-state index in [0.29, 0.717) is 98.8 Å². The smallest absolute Gasteiger partial charge is 0.253 e. The van der Waals surface area contributed by atoms with Crippen LogP contribution in [0.2, 0.25) is 0 Å². The van der Waals surface area contributed by atoms with Gasteiger partial charge < -0.3 is 71.9 Å². The molecule has 12 saturated heterocycles. The lowest BCUT2D eigenvalue weighted by Gasteiger charge is -2.23. The quantitative estimate of drug-likeness (QED) is 0.0767. The van der Waals surface area contributed by atoms with Gasteiger partial charge in [-0.15, -0.1) is 68.0 Å². The fourth-order valence-corrected chi connectivity index (χ4v) is 22.4. The number of hydrogen-bond acceptors (Lipinski definition) is 26. The molecule has 0 radical (unpaired) electrons. The monoisotopic (exact) mass is 1740 g/mol. The van der Waals surface area contributed by atoms with E-state index in [0.717, 1.165) is 209 Å². The van der Waals surface area contributed by atoms with Gasteiger partial charge in [-0.3, -0.25) is 28.8 Å². The third-order valence-corrected chi connectivity index (χ3v) is 29.7. The van der Waals surface area contributed by atoms with Crippen LogP contribution in [0.5, 0.6) is 0 Å². The van der Waals surface area contributed by atoms with Crippen molar-refractivity contribution < 1.29 is 37.0 Å². The second-order valence-corrected chi connectivity index (χ2v) is 38.1. The lowest BCUT2D eigenvalue weighted by molar-refractivity contribution is -0.127. The lowest BCUT2D eigenvalue weighted by Crippen LogP contribution is -2.48. The van der Waals surface area contributed by atoms with Gasteiger partial charge in [-0.05, 0) is 148 Å². The van der Waals surface area contributed by atoms with Crippen molar-refractivity contribution in [1.29, 1.82) is 0 Å².